The van der Waals surface area contributed by atoms with Crippen LogP contribution in [0.25, 0.3) is 11.0 Å². The predicted molar refractivity (Wildman–Crippen MR) is 80.9 cm³/mol. The molecule has 5 heteroatoms. The van der Waals surface area contributed by atoms with E-state index in [2.05, 4.69) is 24.1 Å². The number of rotatable bonds is 5. The molecule has 0 saturated heterocycles. The third kappa shape index (κ3) is 3.02. The van der Waals surface area contributed by atoms with E-state index >= 15 is 0 Å². The zero-order valence-electron chi connectivity index (χ0n) is 11.8. The highest BCUT2D eigenvalue weighted by molar-refractivity contribution is 5.85. The highest BCUT2D eigenvalue weighted by Gasteiger charge is 2.22. The lowest BCUT2D eigenvalue weighted by atomic mass is 10.3. The average molecular weight is 296 g/mol. The normalized spacial score (nSPS) is 10.1. The molecule has 0 aliphatic carbocycles. The van der Waals surface area contributed by atoms with Crippen LogP contribution in [-0.4, -0.2) is 17.1 Å². The lowest BCUT2D eigenvalue weighted by molar-refractivity contribution is -0.667. The van der Waals surface area contributed by atoms with E-state index in [1.807, 2.05) is 29.7 Å². The van der Waals surface area contributed by atoms with Gasteiger partial charge in [0.25, 0.3) is 5.82 Å². The van der Waals surface area contributed by atoms with E-state index in [0.29, 0.717) is 0 Å². The largest absolute Gasteiger partial charge is 0.459 e. The molecule has 1 aromatic heterocycles. The molecule has 0 spiro atoms. The van der Waals surface area contributed by atoms with Crippen molar-refractivity contribution in [2.24, 2.45) is 0 Å². The van der Waals surface area contributed by atoms with Gasteiger partial charge in [0.15, 0.2) is 17.6 Å². The SMILES string of the molecule is C=CCOC(=O)C[n+]1c(C)n(CC)c2ccccc21.Cl. The number of fused-ring (bicyclic) bond motifs is 1. The first-order chi connectivity index (χ1) is 9.19. The Balaban J connectivity index is 0.00000200. The van der Waals surface area contributed by atoms with Crippen molar-refractivity contribution in [3.8, 4) is 0 Å². The van der Waals surface area contributed by atoms with Crippen molar-refractivity contribution in [3.63, 3.8) is 0 Å². The third-order valence-corrected chi connectivity index (χ3v) is 3.21. The summed E-state index contributed by atoms with van der Waals surface area (Å²) in [5, 5.41) is 0. The number of esters is 1. The van der Waals surface area contributed by atoms with Gasteiger partial charge in [0.1, 0.15) is 6.61 Å². The topological polar surface area (TPSA) is 35.1 Å². The van der Waals surface area contributed by atoms with Crippen molar-refractivity contribution < 1.29 is 14.1 Å². The molecule has 0 atom stereocenters. The number of ether oxygens (including phenoxy) is 1. The zero-order valence-corrected chi connectivity index (χ0v) is 12.7. The molecule has 1 heterocycles. The number of para-hydroxylation sites is 2. The summed E-state index contributed by atoms with van der Waals surface area (Å²) in [6.07, 6.45) is 1.57. The Hall–Kier alpha value is -1.81. The number of benzene rings is 1. The van der Waals surface area contributed by atoms with Gasteiger partial charge < -0.3 is 4.74 Å². The lowest BCUT2D eigenvalue weighted by Gasteiger charge is -2.01. The summed E-state index contributed by atoms with van der Waals surface area (Å²) in [5.74, 6) is 0.811. The van der Waals surface area contributed by atoms with Gasteiger partial charge >= 0.3 is 5.97 Å². The summed E-state index contributed by atoms with van der Waals surface area (Å²) in [6.45, 7) is 9.01. The van der Waals surface area contributed by atoms with E-state index in [9.17, 15) is 4.79 Å². The average Bonchev–Trinajstić information content (AvgIpc) is 2.69. The molecule has 20 heavy (non-hydrogen) atoms. The van der Waals surface area contributed by atoms with Crippen molar-refractivity contribution in [2.75, 3.05) is 6.61 Å². The van der Waals surface area contributed by atoms with Gasteiger partial charge in [-0.3, -0.25) is 0 Å². The van der Waals surface area contributed by atoms with Crippen LogP contribution in [0, 0.1) is 6.92 Å². The molecule has 0 saturated carbocycles. The van der Waals surface area contributed by atoms with Gasteiger partial charge in [-0.2, -0.15) is 0 Å². The van der Waals surface area contributed by atoms with Crippen LogP contribution in [-0.2, 0) is 22.6 Å². The number of aromatic nitrogens is 2. The summed E-state index contributed by atoms with van der Waals surface area (Å²) >= 11 is 0. The number of hydrogen-bond acceptors (Lipinski definition) is 2. The molecule has 0 unspecified atom stereocenters. The van der Waals surface area contributed by atoms with Crippen LogP contribution in [0.4, 0.5) is 0 Å². The Kier molecular flexibility index (Phi) is 5.77. The molecular formula is C15H20ClN2O2+. The van der Waals surface area contributed by atoms with Gasteiger partial charge in [-0.05, 0) is 19.1 Å². The molecule has 1 aromatic carbocycles. The first-order valence-electron chi connectivity index (χ1n) is 6.43. The fourth-order valence-corrected chi connectivity index (χ4v) is 2.34. The van der Waals surface area contributed by atoms with Crippen molar-refractivity contribution in [2.45, 2.75) is 26.9 Å². The Morgan fingerprint density at radius 2 is 2.15 bits per heavy atom. The second-order valence-corrected chi connectivity index (χ2v) is 4.34. The Bertz CT molecular complexity index is 620. The zero-order chi connectivity index (χ0) is 13.8. The van der Waals surface area contributed by atoms with Crippen molar-refractivity contribution in [1.29, 1.82) is 0 Å². The lowest BCUT2D eigenvalue weighted by Crippen LogP contribution is -2.41. The van der Waals surface area contributed by atoms with Gasteiger partial charge in [-0.15, -0.1) is 12.4 Å². The fraction of sp³-hybridized carbons (Fsp3) is 0.333. The monoisotopic (exact) mass is 295 g/mol. The molecule has 0 N–H and O–H groups in total. The second-order valence-electron chi connectivity index (χ2n) is 4.34. The van der Waals surface area contributed by atoms with Gasteiger partial charge in [0.05, 0.1) is 6.54 Å². The summed E-state index contributed by atoms with van der Waals surface area (Å²) < 4.78 is 9.24. The predicted octanol–water partition coefficient (Wildman–Crippen LogP) is 2.41. The number of imidazole rings is 1. The third-order valence-electron chi connectivity index (χ3n) is 3.21. The Labute approximate surface area is 125 Å². The minimum absolute atomic E-state index is 0. The number of carbonyl (C=O) groups excluding carboxylic acids is 1. The van der Waals surface area contributed by atoms with Crippen molar-refractivity contribution >= 4 is 29.4 Å². The highest BCUT2D eigenvalue weighted by atomic mass is 35.5. The number of halogens is 1. The van der Waals surface area contributed by atoms with Crippen molar-refractivity contribution in [1.82, 2.24) is 4.57 Å². The van der Waals surface area contributed by atoms with E-state index in [1.54, 1.807) is 6.08 Å². The van der Waals surface area contributed by atoms with Crippen LogP contribution in [0.15, 0.2) is 36.9 Å². The first-order valence-corrected chi connectivity index (χ1v) is 6.43. The van der Waals surface area contributed by atoms with Crippen LogP contribution < -0.4 is 4.57 Å². The standard InChI is InChI=1S/C15H19N2O2.ClH/c1-4-10-19-15(18)11-17-12(3)16(5-2)13-8-6-7-9-14(13)17;/h4,6-9H,1,5,10-11H2,2-3H3;1H/q+1;. The molecule has 0 aliphatic heterocycles. The number of hydrogen-bond donors (Lipinski definition) is 0. The van der Waals surface area contributed by atoms with Gasteiger partial charge in [-0.1, -0.05) is 24.8 Å². The molecule has 0 radical (unpaired) electrons. The molecule has 2 aromatic rings. The van der Waals surface area contributed by atoms with Crippen molar-refractivity contribution in [3.05, 3.63) is 42.7 Å². The minimum Gasteiger partial charge on any atom is -0.459 e. The van der Waals surface area contributed by atoms with E-state index in [4.69, 9.17) is 4.74 Å². The Morgan fingerprint density at radius 1 is 1.45 bits per heavy atom. The van der Waals surface area contributed by atoms with Crippen LogP contribution in [0.2, 0.25) is 0 Å². The quantitative estimate of drug-likeness (QED) is 0.482. The maximum Gasteiger partial charge on any atom is 0.348 e. The fourth-order valence-electron chi connectivity index (χ4n) is 2.34. The van der Waals surface area contributed by atoms with E-state index < -0.39 is 0 Å². The molecule has 0 fully saturated rings. The number of carbonyl (C=O) groups is 1. The summed E-state index contributed by atoms with van der Waals surface area (Å²) in [4.78, 5) is 11.8. The summed E-state index contributed by atoms with van der Waals surface area (Å²) in [7, 11) is 0. The van der Waals surface area contributed by atoms with Gasteiger partial charge in [0, 0.05) is 6.92 Å². The number of nitrogens with zero attached hydrogens (tertiary/aromatic N) is 2. The van der Waals surface area contributed by atoms with E-state index in [0.717, 1.165) is 23.4 Å². The van der Waals surface area contributed by atoms with E-state index in [-0.39, 0.29) is 31.5 Å². The maximum absolute atomic E-state index is 11.8. The summed E-state index contributed by atoms with van der Waals surface area (Å²) in [5.41, 5.74) is 2.19. The first kappa shape index (κ1) is 16.2. The number of aryl methyl sites for hydroxylation is 1. The molecule has 0 bridgehead atoms. The molecule has 0 amide bonds. The smallest absolute Gasteiger partial charge is 0.348 e. The van der Waals surface area contributed by atoms with Gasteiger partial charge in [0.2, 0.25) is 0 Å². The molecule has 4 nitrogen and oxygen atoms in total. The van der Waals surface area contributed by atoms with Crippen LogP contribution in [0.3, 0.4) is 0 Å². The Morgan fingerprint density at radius 3 is 2.80 bits per heavy atom. The molecular weight excluding hydrogens is 276 g/mol. The van der Waals surface area contributed by atoms with E-state index in [1.165, 1.54) is 0 Å². The highest BCUT2D eigenvalue weighted by Crippen LogP contribution is 2.13. The van der Waals surface area contributed by atoms with Crippen LogP contribution >= 0.6 is 12.4 Å². The molecule has 108 valence electrons. The van der Waals surface area contributed by atoms with Crippen LogP contribution in [0.5, 0.6) is 0 Å². The second kappa shape index (κ2) is 7.10. The summed E-state index contributed by atoms with van der Waals surface area (Å²) in [6, 6.07) is 8.08. The minimum atomic E-state index is -0.244. The molecule has 2 rings (SSSR count). The molecule has 0 aliphatic rings. The van der Waals surface area contributed by atoms with Gasteiger partial charge in [-0.25, -0.2) is 13.9 Å². The maximum atomic E-state index is 11.8. The van der Waals surface area contributed by atoms with Crippen LogP contribution in [0.1, 0.15) is 12.7 Å².